The van der Waals surface area contributed by atoms with Gasteiger partial charge in [0.15, 0.2) is 0 Å². The minimum Gasteiger partial charge on any atom is -0.241 e. The Kier molecular flexibility index (Phi) is 2.31. The Bertz CT molecular complexity index is 404. The van der Waals surface area contributed by atoms with Crippen molar-refractivity contribution in [1.82, 2.24) is 4.98 Å². The molecule has 2 rings (SSSR count). The molecule has 2 aromatic rings. The summed E-state index contributed by atoms with van der Waals surface area (Å²) in [6.45, 7) is 6.75. The van der Waals surface area contributed by atoms with E-state index in [1.54, 1.807) is 0 Å². The molecular formula is C12H15NS. The number of thiazole rings is 1. The molecule has 2 heteroatoms. The predicted octanol–water partition coefficient (Wildman–Crippen LogP) is 3.88. The largest absolute Gasteiger partial charge is 0.241 e. The molecule has 74 valence electrons. The zero-order valence-corrected chi connectivity index (χ0v) is 9.69. The van der Waals surface area contributed by atoms with E-state index in [4.69, 9.17) is 0 Å². The van der Waals surface area contributed by atoms with Crippen molar-refractivity contribution in [2.75, 3.05) is 0 Å². The number of hydrogen-bond donors (Lipinski definition) is 0. The highest BCUT2D eigenvalue weighted by molar-refractivity contribution is 7.18. The minimum absolute atomic E-state index is 0.327. The van der Waals surface area contributed by atoms with Crippen LogP contribution < -0.4 is 0 Å². The van der Waals surface area contributed by atoms with Crippen LogP contribution in [-0.2, 0) is 6.42 Å². The highest BCUT2D eigenvalue weighted by atomic mass is 32.1. The molecule has 0 fully saturated rings. The predicted molar refractivity (Wildman–Crippen MR) is 62.8 cm³/mol. The molecule has 0 aliphatic carbocycles. The average Bonchev–Trinajstić information content (AvgIpc) is 2.42. The molecule has 0 bridgehead atoms. The average molecular weight is 205 g/mol. The van der Waals surface area contributed by atoms with Crippen LogP contribution in [0.5, 0.6) is 0 Å². The van der Waals surface area contributed by atoms with Crippen LogP contribution in [0.4, 0.5) is 0 Å². The Balaban J connectivity index is 2.36. The van der Waals surface area contributed by atoms with Gasteiger partial charge in [-0.25, -0.2) is 4.98 Å². The first-order valence-electron chi connectivity index (χ1n) is 4.89. The third-order valence-corrected chi connectivity index (χ3v) is 3.06. The van der Waals surface area contributed by atoms with Crippen LogP contribution in [0, 0.1) is 5.41 Å². The second-order valence-electron chi connectivity index (χ2n) is 4.81. The summed E-state index contributed by atoms with van der Waals surface area (Å²) in [4.78, 5) is 4.62. The molecule has 0 amide bonds. The molecule has 0 spiro atoms. The van der Waals surface area contributed by atoms with Gasteiger partial charge in [-0.15, -0.1) is 11.3 Å². The smallest absolute Gasteiger partial charge is 0.0943 e. The lowest BCUT2D eigenvalue weighted by Crippen LogP contribution is -2.08. The number of hydrogen-bond acceptors (Lipinski definition) is 2. The van der Waals surface area contributed by atoms with E-state index in [-0.39, 0.29) is 0 Å². The van der Waals surface area contributed by atoms with Crippen molar-refractivity contribution >= 4 is 21.6 Å². The molecule has 0 saturated heterocycles. The van der Waals surface area contributed by atoms with Gasteiger partial charge >= 0.3 is 0 Å². The topological polar surface area (TPSA) is 12.9 Å². The first kappa shape index (κ1) is 9.66. The van der Waals surface area contributed by atoms with Crippen molar-refractivity contribution in [1.29, 1.82) is 0 Å². The number of benzene rings is 1. The van der Waals surface area contributed by atoms with Gasteiger partial charge in [0, 0.05) is 6.42 Å². The van der Waals surface area contributed by atoms with Crippen molar-refractivity contribution in [2.45, 2.75) is 27.2 Å². The van der Waals surface area contributed by atoms with Gasteiger partial charge in [0.05, 0.1) is 15.2 Å². The summed E-state index contributed by atoms with van der Waals surface area (Å²) in [6.07, 6.45) is 1.06. The van der Waals surface area contributed by atoms with Gasteiger partial charge in [-0.3, -0.25) is 0 Å². The fraction of sp³-hybridized carbons (Fsp3) is 0.417. The molecule has 0 saturated carbocycles. The second kappa shape index (κ2) is 3.35. The summed E-state index contributed by atoms with van der Waals surface area (Å²) < 4.78 is 1.30. The molecule has 0 aliphatic heterocycles. The van der Waals surface area contributed by atoms with Crippen molar-refractivity contribution in [3.63, 3.8) is 0 Å². The Morgan fingerprint density at radius 1 is 1.21 bits per heavy atom. The second-order valence-corrected chi connectivity index (χ2v) is 5.93. The van der Waals surface area contributed by atoms with E-state index in [9.17, 15) is 0 Å². The van der Waals surface area contributed by atoms with E-state index in [1.807, 2.05) is 17.4 Å². The molecule has 0 unspecified atom stereocenters. The van der Waals surface area contributed by atoms with E-state index < -0.39 is 0 Å². The van der Waals surface area contributed by atoms with Crippen LogP contribution in [0.1, 0.15) is 25.8 Å². The lowest BCUT2D eigenvalue weighted by atomic mass is 9.93. The molecule has 1 aromatic carbocycles. The van der Waals surface area contributed by atoms with Gasteiger partial charge in [-0.2, -0.15) is 0 Å². The van der Waals surface area contributed by atoms with Crippen LogP contribution in [0.15, 0.2) is 24.3 Å². The molecule has 0 radical (unpaired) electrons. The fourth-order valence-electron chi connectivity index (χ4n) is 1.45. The SMILES string of the molecule is CC(C)(C)Cc1nc2ccccc2s1. The highest BCUT2D eigenvalue weighted by Gasteiger charge is 2.14. The summed E-state index contributed by atoms with van der Waals surface area (Å²) in [6, 6.07) is 8.33. The summed E-state index contributed by atoms with van der Waals surface area (Å²) >= 11 is 1.81. The summed E-state index contributed by atoms with van der Waals surface area (Å²) in [7, 11) is 0. The summed E-state index contributed by atoms with van der Waals surface area (Å²) in [5.41, 5.74) is 1.46. The number of rotatable bonds is 1. The molecular weight excluding hydrogens is 190 g/mol. The van der Waals surface area contributed by atoms with E-state index >= 15 is 0 Å². The lowest BCUT2D eigenvalue weighted by molar-refractivity contribution is 0.411. The zero-order chi connectivity index (χ0) is 10.2. The number of aromatic nitrogens is 1. The Labute approximate surface area is 88.8 Å². The van der Waals surface area contributed by atoms with Crippen molar-refractivity contribution in [3.8, 4) is 0 Å². The van der Waals surface area contributed by atoms with E-state index in [0.29, 0.717) is 5.41 Å². The molecule has 0 N–H and O–H groups in total. The number of fused-ring (bicyclic) bond motifs is 1. The van der Waals surface area contributed by atoms with Gasteiger partial charge < -0.3 is 0 Å². The van der Waals surface area contributed by atoms with Crippen LogP contribution >= 0.6 is 11.3 Å². The molecule has 0 atom stereocenters. The Hall–Kier alpha value is -0.890. The minimum atomic E-state index is 0.327. The molecule has 1 aromatic heterocycles. The normalized spacial score (nSPS) is 12.2. The maximum Gasteiger partial charge on any atom is 0.0943 e. The van der Waals surface area contributed by atoms with E-state index in [1.165, 1.54) is 9.71 Å². The maximum atomic E-state index is 4.62. The van der Waals surface area contributed by atoms with Gasteiger partial charge in [-0.1, -0.05) is 32.9 Å². The fourth-order valence-corrected chi connectivity index (χ4v) is 2.72. The number of nitrogens with zero attached hydrogens (tertiary/aromatic N) is 1. The lowest BCUT2D eigenvalue weighted by Gasteiger charge is -2.15. The van der Waals surface area contributed by atoms with Gasteiger partial charge in [0.1, 0.15) is 0 Å². The standard InChI is InChI=1S/C12H15NS/c1-12(2,3)8-11-13-9-6-4-5-7-10(9)14-11/h4-7H,8H2,1-3H3. The third-order valence-electron chi connectivity index (χ3n) is 2.02. The van der Waals surface area contributed by atoms with Crippen LogP contribution in [-0.4, -0.2) is 4.98 Å². The Morgan fingerprint density at radius 2 is 1.93 bits per heavy atom. The maximum absolute atomic E-state index is 4.62. The summed E-state index contributed by atoms with van der Waals surface area (Å²) in [5, 5.41) is 1.25. The first-order chi connectivity index (χ1) is 6.54. The first-order valence-corrected chi connectivity index (χ1v) is 5.71. The van der Waals surface area contributed by atoms with Gasteiger partial charge in [-0.05, 0) is 17.5 Å². The van der Waals surface area contributed by atoms with Crippen LogP contribution in [0.2, 0.25) is 0 Å². The van der Waals surface area contributed by atoms with Crippen molar-refractivity contribution < 1.29 is 0 Å². The van der Waals surface area contributed by atoms with Gasteiger partial charge in [0.2, 0.25) is 0 Å². The summed E-state index contributed by atoms with van der Waals surface area (Å²) in [5.74, 6) is 0. The Morgan fingerprint density at radius 3 is 2.57 bits per heavy atom. The van der Waals surface area contributed by atoms with Gasteiger partial charge in [0.25, 0.3) is 0 Å². The van der Waals surface area contributed by atoms with E-state index in [0.717, 1.165) is 11.9 Å². The van der Waals surface area contributed by atoms with Crippen LogP contribution in [0.3, 0.4) is 0 Å². The monoisotopic (exact) mass is 205 g/mol. The molecule has 0 aliphatic rings. The number of para-hydroxylation sites is 1. The third kappa shape index (κ3) is 2.13. The molecule has 1 nitrogen and oxygen atoms in total. The molecule has 14 heavy (non-hydrogen) atoms. The molecule has 1 heterocycles. The van der Waals surface area contributed by atoms with Crippen molar-refractivity contribution in [2.24, 2.45) is 5.41 Å². The quantitative estimate of drug-likeness (QED) is 0.688. The van der Waals surface area contributed by atoms with Crippen molar-refractivity contribution in [3.05, 3.63) is 29.3 Å². The zero-order valence-electron chi connectivity index (χ0n) is 8.87. The van der Waals surface area contributed by atoms with Crippen LogP contribution in [0.25, 0.3) is 10.2 Å². The van der Waals surface area contributed by atoms with E-state index in [2.05, 4.69) is 44.0 Å². The highest BCUT2D eigenvalue weighted by Crippen LogP contribution is 2.27.